The number of rotatable bonds is 4. The van der Waals surface area contributed by atoms with Crippen LogP contribution in [0.3, 0.4) is 0 Å². The predicted octanol–water partition coefficient (Wildman–Crippen LogP) is -0.780. The summed E-state index contributed by atoms with van der Waals surface area (Å²) in [7, 11) is 0. The maximum Gasteiger partial charge on any atom is 0.430 e. The summed E-state index contributed by atoms with van der Waals surface area (Å²) in [5.41, 5.74) is 0. The average Bonchev–Trinajstić information content (AvgIpc) is 2.05. The van der Waals surface area contributed by atoms with Gasteiger partial charge in [0, 0.05) is 0 Å². The highest BCUT2D eigenvalue weighted by atomic mass is 19.4. The van der Waals surface area contributed by atoms with Crippen molar-refractivity contribution < 1.29 is 28.4 Å². The highest BCUT2D eigenvalue weighted by molar-refractivity contribution is 5.70. The average molecular weight is 211 g/mol. The number of aliphatic carboxylic acids is 1. The fourth-order valence-electron chi connectivity index (χ4n) is 0.332. The van der Waals surface area contributed by atoms with Crippen molar-refractivity contribution in [2.75, 3.05) is 13.1 Å². The van der Waals surface area contributed by atoms with Gasteiger partial charge in [0.2, 0.25) is 0 Å². The number of carbonyl (C=O) groups excluding carboxylic acids is 1. The van der Waals surface area contributed by atoms with Crippen molar-refractivity contribution >= 4 is 5.97 Å². The van der Waals surface area contributed by atoms with Gasteiger partial charge in [0.25, 0.3) is 0 Å². The van der Waals surface area contributed by atoms with Crippen LogP contribution in [-0.4, -0.2) is 25.2 Å². The summed E-state index contributed by atoms with van der Waals surface area (Å²) in [4.78, 5) is 8.78. The van der Waals surface area contributed by atoms with Crippen LogP contribution >= 0.6 is 0 Å². The second-order valence-corrected chi connectivity index (χ2v) is 2.12. The van der Waals surface area contributed by atoms with Gasteiger partial charge in [-0.25, -0.2) is 0 Å². The lowest BCUT2D eigenvalue weighted by Crippen LogP contribution is -2.83. The highest BCUT2D eigenvalue weighted by Gasteiger charge is 2.28. The third-order valence-electron chi connectivity index (χ3n) is 0.898. The fourth-order valence-corrected chi connectivity index (χ4v) is 0.332. The van der Waals surface area contributed by atoms with Crippen LogP contribution in [0.25, 0.3) is 0 Å². The molecule has 0 aromatic rings. The molecule has 0 amide bonds. The van der Waals surface area contributed by atoms with E-state index in [-0.39, 0.29) is 0 Å². The largest absolute Gasteiger partial charge is 0.542 e. The number of quaternary nitrogens is 1. The Balaban J connectivity index is 0. The summed E-state index contributed by atoms with van der Waals surface area (Å²) in [5, 5.41) is 10.9. The molecular weight excluding hydrogens is 199 g/mol. The molecule has 0 unspecified atom stereocenters. The van der Waals surface area contributed by atoms with Gasteiger partial charge >= 0.3 is 6.18 Å². The van der Waals surface area contributed by atoms with Crippen molar-refractivity contribution in [3.05, 3.63) is 25.3 Å². The molecule has 0 spiro atoms. The molecule has 3 nitrogen and oxygen atoms in total. The fraction of sp³-hybridized carbons (Fsp3) is 0.375. The van der Waals surface area contributed by atoms with Gasteiger partial charge in [-0.3, -0.25) is 0 Å². The lowest BCUT2D eigenvalue weighted by molar-refractivity contribution is -0.636. The number of nitrogens with two attached hydrogens (primary N) is 1. The van der Waals surface area contributed by atoms with Gasteiger partial charge in [0.15, 0.2) is 0 Å². The lowest BCUT2D eigenvalue weighted by Gasteiger charge is -2.03. The molecule has 0 aliphatic rings. The van der Waals surface area contributed by atoms with E-state index in [0.29, 0.717) is 0 Å². The smallest absolute Gasteiger partial charge is 0.430 e. The number of carboxylic acids is 1. The summed E-state index contributed by atoms with van der Waals surface area (Å²) in [6.45, 7) is 9.12. The molecule has 0 aliphatic carbocycles. The first-order chi connectivity index (χ1) is 6.36. The van der Waals surface area contributed by atoms with Crippen LogP contribution in [0.4, 0.5) is 13.2 Å². The van der Waals surface area contributed by atoms with Crippen LogP contribution in [0, 0.1) is 0 Å². The molecule has 14 heavy (non-hydrogen) atoms. The standard InChI is InChI=1S/C6H11N.C2HF3O2/c1-3-5-7-6-4-2;3-2(4,5)1(6)7/h3-4,7H,1-2,5-6H2;(H,6,7). The van der Waals surface area contributed by atoms with E-state index in [4.69, 9.17) is 9.90 Å². The van der Waals surface area contributed by atoms with E-state index in [1.165, 1.54) is 0 Å². The Morgan fingerprint density at radius 2 is 1.57 bits per heavy atom. The SMILES string of the molecule is C=CC[NH2+]CC=C.O=C([O-])C(F)(F)F. The molecule has 0 aromatic heterocycles. The molecule has 2 N–H and O–H groups in total. The molecule has 0 saturated carbocycles. The molecule has 0 bridgehead atoms. The number of hydrogen-bond acceptors (Lipinski definition) is 2. The van der Waals surface area contributed by atoms with Gasteiger partial charge in [-0.2, -0.15) is 13.2 Å². The summed E-state index contributed by atoms with van der Waals surface area (Å²) in [5.74, 6) is -3.01. The molecule has 0 rings (SSSR count). The summed E-state index contributed by atoms with van der Waals surface area (Å²) < 4.78 is 31.5. The van der Waals surface area contributed by atoms with Crippen molar-refractivity contribution in [3.8, 4) is 0 Å². The monoisotopic (exact) mass is 211 g/mol. The molecule has 0 aliphatic heterocycles. The van der Waals surface area contributed by atoms with Crippen LogP contribution in [0.5, 0.6) is 0 Å². The second kappa shape index (κ2) is 8.31. The molecular formula is C8H12F3NO2. The first-order valence-electron chi connectivity index (χ1n) is 3.67. The zero-order valence-electron chi connectivity index (χ0n) is 7.51. The third kappa shape index (κ3) is 13.3. The van der Waals surface area contributed by atoms with Crippen LogP contribution in [0.1, 0.15) is 0 Å². The molecule has 0 fully saturated rings. The molecule has 82 valence electrons. The number of hydrogen-bond donors (Lipinski definition) is 1. The van der Waals surface area contributed by atoms with E-state index < -0.39 is 12.1 Å². The Labute approximate surface area is 79.9 Å². The summed E-state index contributed by atoms with van der Waals surface area (Å²) in [6, 6.07) is 0. The first-order valence-corrected chi connectivity index (χ1v) is 3.67. The van der Waals surface area contributed by atoms with Crippen molar-refractivity contribution in [1.29, 1.82) is 0 Å². The number of alkyl halides is 3. The van der Waals surface area contributed by atoms with Gasteiger partial charge in [-0.1, -0.05) is 13.2 Å². The summed E-state index contributed by atoms with van der Waals surface area (Å²) in [6.07, 6.45) is -1.44. The minimum absolute atomic E-state index is 0.992. The Morgan fingerprint density at radius 3 is 1.71 bits per heavy atom. The Bertz CT molecular complexity index is 182. The lowest BCUT2D eigenvalue weighted by atomic mass is 10.5. The number of carboxylic acid groups (broad SMARTS) is 1. The molecule has 6 heteroatoms. The first kappa shape index (κ1) is 15.2. The Morgan fingerprint density at radius 1 is 1.29 bits per heavy atom. The third-order valence-corrected chi connectivity index (χ3v) is 0.898. The zero-order valence-corrected chi connectivity index (χ0v) is 7.51. The minimum atomic E-state index is -5.19. The van der Waals surface area contributed by atoms with Crippen molar-refractivity contribution in [2.45, 2.75) is 6.18 Å². The van der Waals surface area contributed by atoms with E-state index in [2.05, 4.69) is 18.5 Å². The van der Waals surface area contributed by atoms with Crippen molar-refractivity contribution in [2.24, 2.45) is 0 Å². The van der Waals surface area contributed by atoms with Crippen LogP contribution in [0.15, 0.2) is 25.3 Å². The molecule has 0 heterocycles. The predicted molar refractivity (Wildman–Crippen MR) is 43.1 cm³/mol. The Hall–Kier alpha value is -1.30. The number of halogens is 3. The summed E-state index contributed by atoms with van der Waals surface area (Å²) >= 11 is 0. The van der Waals surface area contributed by atoms with E-state index in [1.54, 1.807) is 0 Å². The van der Waals surface area contributed by atoms with Gasteiger partial charge < -0.3 is 15.2 Å². The zero-order chi connectivity index (χ0) is 11.6. The molecule has 0 aromatic carbocycles. The minimum Gasteiger partial charge on any atom is -0.542 e. The quantitative estimate of drug-likeness (QED) is 0.490. The van der Waals surface area contributed by atoms with Crippen LogP contribution < -0.4 is 10.4 Å². The van der Waals surface area contributed by atoms with E-state index in [0.717, 1.165) is 13.1 Å². The van der Waals surface area contributed by atoms with E-state index in [9.17, 15) is 13.2 Å². The highest BCUT2D eigenvalue weighted by Crippen LogP contribution is 2.11. The van der Waals surface area contributed by atoms with Gasteiger partial charge in [-0.05, 0) is 12.2 Å². The maximum absolute atomic E-state index is 10.5. The maximum atomic E-state index is 10.5. The van der Waals surface area contributed by atoms with E-state index in [1.807, 2.05) is 12.2 Å². The van der Waals surface area contributed by atoms with Crippen LogP contribution in [-0.2, 0) is 4.79 Å². The van der Waals surface area contributed by atoms with Gasteiger partial charge in [0.1, 0.15) is 5.97 Å². The second-order valence-electron chi connectivity index (χ2n) is 2.12. The Kier molecular flexibility index (Phi) is 9.01. The normalized spacial score (nSPS) is 9.64. The molecule has 0 atom stereocenters. The van der Waals surface area contributed by atoms with Crippen molar-refractivity contribution in [1.82, 2.24) is 0 Å². The van der Waals surface area contributed by atoms with Gasteiger partial charge in [0.05, 0.1) is 13.1 Å². The van der Waals surface area contributed by atoms with E-state index >= 15 is 0 Å². The van der Waals surface area contributed by atoms with Crippen LogP contribution in [0.2, 0.25) is 0 Å². The van der Waals surface area contributed by atoms with Gasteiger partial charge in [-0.15, -0.1) is 0 Å². The molecule has 0 radical (unpaired) electrons. The topological polar surface area (TPSA) is 56.7 Å². The molecule has 0 saturated heterocycles. The van der Waals surface area contributed by atoms with Crippen molar-refractivity contribution in [3.63, 3.8) is 0 Å². The number of carbonyl (C=O) groups is 1.